The number of hydrogen-bond donors (Lipinski definition) is 1. The summed E-state index contributed by atoms with van der Waals surface area (Å²) in [7, 11) is 1.89. The summed E-state index contributed by atoms with van der Waals surface area (Å²) in [4.78, 5) is 10.9. The molecule has 0 atom stereocenters. The molecule has 0 aliphatic rings. The molecule has 2 rings (SSSR count). The summed E-state index contributed by atoms with van der Waals surface area (Å²) in [6, 6.07) is 12.1. The molecule has 2 aromatic carbocycles. The fraction of sp³-hybridized carbons (Fsp3) is 0.200. The topological polar surface area (TPSA) is 55.2 Å². The molecule has 0 aliphatic carbocycles. The molecule has 0 heterocycles. The summed E-state index contributed by atoms with van der Waals surface area (Å²) >= 11 is 1.57. The number of nitrogens with one attached hydrogen (secondary N) is 1. The minimum atomic E-state index is -0.789. The molecule has 0 unspecified atom stereocenters. The normalized spacial score (nSPS) is 10.6. The summed E-state index contributed by atoms with van der Waals surface area (Å²) in [5.74, 6) is -0.220. The van der Waals surface area contributed by atoms with Crippen LogP contribution in [0.3, 0.4) is 0 Å². The van der Waals surface area contributed by atoms with Crippen molar-refractivity contribution in [2.24, 2.45) is 0 Å². The molecule has 0 aromatic heterocycles. The van der Waals surface area contributed by atoms with Gasteiger partial charge in [-0.15, -0.1) is 11.8 Å². The van der Waals surface area contributed by atoms with Gasteiger partial charge < -0.3 is 5.32 Å². The zero-order valence-electron chi connectivity index (χ0n) is 11.5. The maximum absolute atomic E-state index is 13.5. The molecule has 0 saturated carbocycles. The second kappa shape index (κ2) is 7.19. The minimum Gasteiger partial charge on any atom is -0.316 e. The van der Waals surface area contributed by atoms with Crippen molar-refractivity contribution in [3.8, 4) is 0 Å². The standard InChI is InChI=1S/C15H15FN2O2S/c1-17-9-11-2-5-13(6-3-11)21-10-12-4-7-15(18(19)20)14(16)8-12/h2-8,17H,9-10H2,1H3. The van der Waals surface area contributed by atoms with E-state index < -0.39 is 16.4 Å². The third-order valence-electron chi connectivity index (χ3n) is 2.92. The van der Waals surface area contributed by atoms with Crippen LogP contribution < -0.4 is 5.32 Å². The fourth-order valence-corrected chi connectivity index (χ4v) is 2.70. The highest BCUT2D eigenvalue weighted by atomic mass is 32.2. The first kappa shape index (κ1) is 15.5. The molecular formula is C15H15FN2O2S. The maximum Gasteiger partial charge on any atom is 0.304 e. The molecule has 21 heavy (non-hydrogen) atoms. The first-order valence-electron chi connectivity index (χ1n) is 6.39. The van der Waals surface area contributed by atoms with E-state index in [4.69, 9.17) is 0 Å². The van der Waals surface area contributed by atoms with Crippen LogP contribution in [0.1, 0.15) is 11.1 Å². The lowest BCUT2D eigenvalue weighted by Crippen LogP contribution is -2.04. The van der Waals surface area contributed by atoms with Crippen LogP contribution in [0.4, 0.5) is 10.1 Å². The molecule has 0 aliphatic heterocycles. The molecule has 6 heteroatoms. The Morgan fingerprint density at radius 2 is 1.86 bits per heavy atom. The molecule has 0 bridgehead atoms. The monoisotopic (exact) mass is 306 g/mol. The second-order valence-electron chi connectivity index (χ2n) is 4.51. The Balaban J connectivity index is 1.99. The third kappa shape index (κ3) is 4.27. The van der Waals surface area contributed by atoms with Crippen LogP contribution in [0.2, 0.25) is 0 Å². The quantitative estimate of drug-likeness (QED) is 0.502. The van der Waals surface area contributed by atoms with E-state index in [-0.39, 0.29) is 0 Å². The van der Waals surface area contributed by atoms with Crippen LogP contribution in [0.5, 0.6) is 0 Å². The van der Waals surface area contributed by atoms with E-state index in [2.05, 4.69) is 5.32 Å². The predicted octanol–water partition coefficient (Wildman–Crippen LogP) is 3.75. The van der Waals surface area contributed by atoms with E-state index in [0.717, 1.165) is 17.0 Å². The highest BCUT2D eigenvalue weighted by Gasteiger charge is 2.13. The number of hydrogen-bond acceptors (Lipinski definition) is 4. The third-order valence-corrected chi connectivity index (χ3v) is 4.00. The van der Waals surface area contributed by atoms with Gasteiger partial charge in [-0.3, -0.25) is 10.1 Å². The van der Waals surface area contributed by atoms with Gasteiger partial charge in [-0.05, 0) is 36.4 Å². The largest absolute Gasteiger partial charge is 0.316 e. The number of benzene rings is 2. The van der Waals surface area contributed by atoms with Crippen LogP contribution in [-0.2, 0) is 12.3 Å². The minimum absolute atomic E-state index is 0.486. The molecule has 1 N–H and O–H groups in total. The Kier molecular flexibility index (Phi) is 5.30. The highest BCUT2D eigenvalue weighted by molar-refractivity contribution is 7.98. The van der Waals surface area contributed by atoms with Gasteiger partial charge in [-0.2, -0.15) is 4.39 Å². The van der Waals surface area contributed by atoms with E-state index in [1.54, 1.807) is 17.8 Å². The van der Waals surface area contributed by atoms with Gasteiger partial charge >= 0.3 is 5.69 Å². The first-order valence-corrected chi connectivity index (χ1v) is 7.38. The molecule has 110 valence electrons. The van der Waals surface area contributed by atoms with Gasteiger partial charge in [0.25, 0.3) is 0 Å². The van der Waals surface area contributed by atoms with Crippen LogP contribution in [0, 0.1) is 15.9 Å². The lowest BCUT2D eigenvalue weighted by Gasteiger charge is -2.04. The van der Waals surface area contributed by atoms with Gasteiger partial charge in [0.1, 0.15) is 0 Å². The van der Waals surface area contributed by atoms with Gasteiger partial charge in [0.2, 0.25) is 5.82 Å². The van der Waals surface area contributed by atoms with Gasteiger partial charge in [-0.25, -0.2) is 0 Å². The molecule has 0 radical (unpaired) electrons. The molecular weight excluding hydrogens is 291 g/mol. The Hall–Kier alpha value is -1.92. The second-order valence-corrected chi connectivity index (χ2v) is 5.55. The Morgan fingerprint density at radius 1 is 1.19 bits per heavy atom. The highest BCUT2D eigenvalue weighted by Crippen LogP contribution is 2.25. The van der Waals surface area contributed by atoms with Crippen molar-refractivity contribution < 1.29 is 9.31 Å². The number of rotatable bonds is 6. The van der Waals surface area contributed by atoms with E-state index in [1.165, 1.54) is 17.7 Å². The molecule has 0 spiro atoms. The van der Waals surface area contributed by atoms with Gasteiger partial charge in [0.15, 0.2) is 0 Å². The summed E-state index contributed by atoms with van der Waals surface area (Å²) in [6.07, 6.45) is 0. The Morgan fingerprint density at radius 3 is 2.43 bits per heavy atom. The van der Waals surface area contributed by atoms with Crippen molar-refractivity contribution in [2.45, 2.75) is 17.2 Å². The zero-order valence-corrected chi connectivity index (χ0v) is 12.3. The van der Waals surface area contributed by atoms with Crippen LogP contribution in [0.15, 0.2) is 47.4 Å². The SMILES string of the molecule is CNCc1ccc(SCc2ccc([N+](=O)[O-])c(F)c2)cc1. The Labute approximate surface area is 126 Å². The zero-order chi connectivity index (χ0) is 15.2. The lowest BCUT2D eigenvalue weighted by atomic mass is 10.2. The maximum atomic E-state index is 13.5. The smallest absolute Gasteiger partial charge is 0.304 e. The summed E-state index contributed by atoms with van der Waals surface area (Å²) in [5, 5.41) is 13.6. The van der Waals surface area contributed by atoms with Crippen LogP contribution >= 0.6 is 11.8 Å². The van der Waals surface area contributed by atoms with E-state index >= 15 is 0 Å². The average Bonchev–Trinajstić information content (AvgIpc) is 2.46. The Bertz CT molecular complexity index is 632. The van der Waals surface area contributed by atoms with E-state index in [9.17, 15) is 14.5 Å². The van der Waals surface area contributed by atoms with E-state index in [1.807, 2.05) is 31.3 Å². The number of nitro groups is 1. The molecule has 2 aromatic rings. The van der Waals surface area contributed by atoms with E-state index in [0.29, 0.717) is 5.75 Å². The number of nitrogens with zero attached hydrogens (tertiary/aromatic N) is 1. The molecule has 4 nitrogen and oxygen atoms in total. The average molecular weight is 306 g/mol. The molecule has 0 saturated heterocycles. The van der Waals surface area contributed by atoms with Gasteiger partial charge in [0.05, 0.1) is 4.92 Å². The summed E-state index contributed by atoms with van der Waals surface area (Å²) in [6.45, 7) is 0.818. The van der Waals surface area contributed by atoms with Crippen LogP contribution in [-0.4, -0.2) is 12.0 Å². The number of halogens is 1. The van der Waals surface area contributed by atoms with Gasteiger partial charge in [0, 0.05) is 23.3 Å². The van der Waals surface area contributed by atoms with Crippen molar-refractivity contribution in [1.82, 2.24) is 5.32 Å². The van der Waals surface area contributed by atoms with Crippen molar-refractivity contribution in [1.29, 1.82) is 0 Å². The predicted molar refractivity (Wildman–Crippen MR) is 81.8 cm³/mol. The van der Waals surface area contributed by atoms with Crippen LogP contribution in [0.25, 0.3) is 0 Å². The molecule has 0 fully saturated rings. The van der Waals surface area contributed by atoms with Crippen molar-refractivity contribution in [3.63, 3.8) is 0 Å². The van der Waals surface area contributed by atoms with Crippen molar-refractivity contribution >= 4 is 17.4 Å². The number of nitro benzene ring substituents is 1. The van der Waals surface area contributed by atoms with Gasteiger partial charge in [-0.1, -0.05) is 18.2 Å². The summed E-state index contributed by atoms with van der Waals surface area (Å²) < 4.78 is 13.5. The van der Waals surface area contributed by atoms with Crippen molar-refractivity contribution in [3.05, 3.63) is 69.5 Å². The summed E-state index contributed by atoms with van der Waals surface area (Å²) in [5.41, 5.74) is 1.44. The first-order chi connectivity index (χ1) is 10.1. The van der Waals surface area contributed by atoms with Crippen molar-refractivity contribution in [2.75, 3.05) is 7.05 Å². The molecule has 0 amide bonds. The lowest BCUT2D eigenvalue weighted by molar-refractivity contribution is -0.387. The fourth-order valence-electron chi connectivity index (χ4n) is 1.86. The number of thioether (sulfide) groups is 1.